The highest BCUT2D eigenvalue weighted by Crippen LogP contribution is 2.16. The molecule has 0 saturated heterocycles. The van der Waals surface area contributed by atoms with Gasteiger partial charge >= 0.3 is 0 Å². The van der Waals surface area contributed by atoms with Crippen molar-refractivity contribution >= 4 is 41.0 Å². The average molecular weight is 551 g/mol. The minimum absolute atomic E-state index is 0. The van der Waals surface area contributed by atoms with E-state index in [0.717, 1.165) is 54.5 Å². The molecule has 8 heteroatoms. The van der Waals surface area contributed by atoms with E-state index >= 15 is 0 Å². The Morgan fingerprint density at radius 1 is 1.06 bits per heavy atom. The van der Waals surface area contributed by atoms with E-state index in [4.69, 9.17) is 9.47 Å². The molecule has 32 heavy (non-hydrogen) atoms. The summed E-state index contributed by atoms with van der Waals surface area (Å²) in [7, 11) is 3.49. The van der Waals surface area contributed by atoms with Gasteiger partial charge in [-0.2, -0.15) is 0 Å². The molecule has 0 fully saturated rings. The van der Waals surface area contributed by atoms with Crippen molar-refractivity contribution in [3.05, 3.63) is 59.9 Å². The van der Waals surface area contributed by atoms with Crippen LogP contribution in [-0.4, -0.2) is 49.4 Å². The quantitative estimate of drug-likeness (QED) is 0.162. The van der Waals surface area contributed by atoms with E-state index in [0.29, 0.717) is 19.8 Å². The second kappa shape index (κ2) is 13.9. The minimum Gasteiger partial charge on any atom is -0.493 e. The second-order valence-electron chi connectivity index (χ2n) is 7.35. The highest BCUT2D eigenvalue weighted by molar-refractivity contribution is 14.0. The first-order valence-electron chi connectivity index (χ1n) is 10.8. The topological polar surface area (TPSA) is 72.7 Å². The van der Waals surface area contributed by atoms with Crippen molar-refractivity contribution in [2.75, 3.05) is 33.9 Å². The van der Waals surface area contributed by atoms with Gasteiger partial charge in [0.25, 0.3) is 0 Å². The van der Waals surface area contributed by atoms with Crippen LogP contribution >= 0.6 is 24.0 Å². The number of halogens is 1. The number of hydrogen-bond acceptors (Lipinski definition) is 4. The number of hydrogen-bond donors (Lipinski definition) is 2. The van der Waals surface area contributed by atoms with Gasteiger partial charge in [0.2, 0.25) is 0 Å². The lowest BCUT2D eigenvalue weighted by atomic mass is 10.2. The van der Waals surface area contributed by atoms with Crippen LogP contribution < -0.4 is 15.4 Å². The Balaban J connectivity index is 0.00000363. The molecule has 0 unspecified atom stereocenters. The van der Waals surface area contributed by atoms with Gasteiger partial charge in [0, 0.05) is 46.8 Å². The Morgan fingerprint density at radius 3 is 2.72 bits per heavy atom. The van der Waals surface area contributed by atoms with E-state index in [9.17, 15) is 0 Å². The van der Waals surface area contributed by atoms with Crippen molar-refractivity contribution in [3.8, 4) is 5.75 Å². The van der Waals surface area contributed by atoms with Gasteiger partial charge in [-0.1, -0.05) is 24.3 Å². The summed E-state index contributed by atoms with van der Waals surface area (Å²) < 4.78 is 13.1. The van der Waals surface area contributed by atoms with Gasteiger partial charge in [-0.05, 0) is 43.2 Å². The van der Waals surface area contributed by atoms with Gasteiger partial charge in [-0.25, -0.2) is 4.98 Å². The molecule has 7 nitrogen and oxygen atoms in total. The fourth-order valence-electron chi connectivity index (χ4n) is 3.47. The molecule has 0 aliphatic heterocycles. The van der Waals surface area contributed by atoms with E-state index in [-0.39, 0.29) is 24.0 Å². The number of ether oxygens (including phenoxy) is 2. The molecular formula is C24H34IN5O2. The number of benzene rings is 2. The summed E-state index contributed by atoms with van der Waals surface area (Å²) >= 11 is 0. The number of nitrogens with one attached hydrogen (secondary N) is 2. The molecule has 3 aromatic rings. The lowest BCUT2D eigenvalue weighted by Gasteiger charge is -2.13. The first-order valence-corrected chi connectivity index (χ1v) is 10.8. The van der Waals surface area contributed by atoms with E-state index in [1.165, 1.54) is 5.52 Å². The molecule has 0 radical (unpaired) electrons. The molecule has 0 aliphatic rings. The Kier molecular flexibility index (Phi) is 11.3. The number of aryl methyl sites for hydroxylation is 2. The summed E-state index contributed by atoms with van der Waals surface area (Å²) in [6.45, 7) is 5.84. The second-order valence-corrected chi connectivity index (χ2v) is 7.35. The van der Waals surface area contributed by atoms with Crippen molar-refractivity contribution in [3.63, 3.8) is 0 Å². The van der Waals surface area contributed by atoms with Crippen LogP contribution in [0.4, 0.5) is 0 Å². The number of aliphatic imine (C=N–C) groups is 1. The largest absolute Gasteiger partial charge is 0.493 e. The number of fused-ring (bicyclic) bond motifs is 1. The molecule has 0 spiro atoms. The number of rotatable bonds is 11. The molecule has 174 valence electrons. The van der Waals surface area contributed by atoms with Gasteiger partial charge in [-0.15, -0.1) is 24.0 Å². The number of methoxy groups -OCH3 is 1. The lowest BCUT2D eigenvalue weighted by molar-refractivity contribution is 0.172. The Bertz CT molecular complexity index is 989. The molecule has 0 bridgehead atoms. The normalized spacial score (nSPS) is 11.3. The predicted molar refractivity (Wildman–Crippen MR) is 141 cm³/mol. The molecule has 0 amide bonds. The monoisotopic (exact) mass is 551 g/mol. The summed E-state index contributed by atoms with van der Waals surface area (Å²) in [6, 6.07) is 16.4. The fourth-order valence-corrected chi connectivity index (χ4v) is 3.47. The minimum atomic E-state index is 0. The lowest BCUT2D eigenvalue weighted by Crippen LogP contribution is -2.37. The number of nitrogens with zero attached hydrogens (tertiary/aromatic N) is 3. The number of aromatic nitrogens is 2. The van der Waals surface area contributed by atoms with Crippen LogP contribution in [0.1, 0.15) is 24.2 Å². The average Bonchev–Trinajstić information content (AvgIpc) is 3.11. The third kappa shape index (κ3) is 7.67. The van der Waals surface area contributed by atoms with Crippen LogP contribution in [0, 0.1) is 6.92 Å². The molecule has 0 saturated carbocycles. The molecule has 1 heterocycles. The van der Waals surface area contributed by atoms with Gasteiger partial charge in [0.15, 0.2) is 5.96 Å². The van der Waals surface area contributed by atoms with E-state index in [1.54, 1.807) is 14.2 Å². The van der Waals surface area contributed by atoms with Gasteiger partial charge in [0.1, 0.15) is 11.6 Å². The number of guanidine groups is 1. The first-order chi connectivity index (χ1) is 15.2. The first kappa shape index (κ1) is 25.9. The Morgan fingerprint density at radius 2 is 1.91 bits per heavy atom. The highest BCUT2D eigenvalue weighted by Gasteiger charge is 2.06. The van der Waals surface area contributed by atoms with E-state index < -0.39 is 0 Å². The summed E-state index contributed by atoms with van der Waals surface area (Å²) in [6.07, 6.45) is 1.86. The molecule has 2 N–H and O–H groups in total. The zero-order valence-corrected chi connectivity index (χ0v) is 21.5. The van der Waals surface area contributed by atoms with Crippen LogP contribution in [0.5, 0.6) is 5.75 Å². The van der Waals surface area contributed by atoms with Gasteiger partial charge in [0.05, 0.1) is 17.6 Å². The molecule has 0 aliphatic carbocycles. The summed E-state index contributed by atoms with van der Waals surface area (Å²) in [4.78, 5) is 8.96. The summed E-state index contributed by atoms with van der Waals surface area (Å²) in [5.41, 5.74) is 3.38. The van der Waals surface area contributed by atoms with Crippen molar-refractivity contribution < 1.29 is 9.47 Å². The maximum Gasteiger partial charge on any atom is 0.191 e. The SMILES string of the molecule is CN=C(NCCCn1c(C)nc2ccccc21)NCc1cccc(OCCCOC)c1.I. The Labute approximate surface area is 207 Å². The summed E-state index contributed by atoms with van der Waals surface area (Å²) in [5.74, 6) is 2.72. The van der Waals surface area contributed by atoms with Gasteiger partial charge in [-0.3, -0.25) is 4.99 Å². The zero-order valence-electron chi connectivity index (χ0n) is 19.1. The molecular weight excluding hydrogens is 517 g/mol. The number of para-hydroxylation sites is 2. The van der Waals surface area contributed by atoms with Crippen molar-refractivity contribution in [2.45, 2.75) is 32.9 Å². The van der Waals surface area contributed by atoms with E-state index in [1.807, 2.05) is 18.2 Å². The third-order valence-corrected chi connectivity index (χ3v) is 5.04. The molecule has 2 aromatic carbocycles. The van der Waals surface area contributed by atoms with Gasteiger partial charge < -0.3 is 24.7 Å². The third-order valence-electron chi connectivity index (χ3n) is 5.04. The Hall–Kier alpha value is -2.33. The fraction of sp³-hybridized carbons (Fsp3) is 0.417. The van der Waals surface area contributed by atoms with Crippen LogP contribution in [0.15, 0.2) is 53.5 Å². The van der Waals surface area contributed by atoms with Crippen molar-refractivity contribution in [1.82, 2.24) is 20.2 Å². The van der Waals surface area contributed by atoms with Crippen LogP contribution in [0.3, 0.4) is 0 Å². The predicted octanol–water partition coefficient (Wildman–Crippen LogP) is 4.13. The maximum absolute atomic E-state index is 5.78. The van der Waals surface area contributed by atoms with Crippen molar-refractivity contribution in [1.29, 1.82) is 0 Å². The highest BCUT2D eigenvalue weighted by atomic mass is 127. The van der Waals surface area contributed by atoms with Crippen molar-refractivity contribution in [2.24, 2.45) is 4.99 Å². The van der Waals surface area contributed by atoms with E-state index in [2.05, 4.69) is 62.4 Å². The molecule has 3 rings (SSSR count). The standard InChI is InChI=1S/C24H33N5O2.HI/c1-19-28-22-11-4-5-12-23(22)29(19)14-7-13-26-24(25-2)27-18-20-9-6-10-21(17-20)31-16-8-15-30-3;/h4-6,9-12,17H,7-8,13-16,18H2,1-3H3,(H2,25,26,27);1H. The van der Waals surface area contributed by atoms with Crippen LogP contribution in [0.25, 0.3) is 11.0 Å². The summed E-state index contributed by atoms with van der Waals surface area (Å²) in [5, 5.41) is 6.76. The zero-order chi connectivity index (χ0) is 21.9. The molecule has 1 aromatic heterocycles. The van der Waals surface area contributed by atoms with Crippen LogP contribution in [-0.2, 0) is 17.8 Å². The smallest absolute Gasteiger partial charge is 0.191 e. The molecule has 0 atom stereocenters. The number of imidazole rings is 1. The van der Waals surface area contributed by atoms with Crippen LogP contribution in [0.2, 0.25) is 0 Å². The maximum atomic E-state index is 5.78.